The first-order valence-electron chi connectivity index (χ1n) is 12.2. The molecule has 1 saturated carbocycles. The molecule has 3 aromatic rings. The molecule has 34 heavy (non-hydrogen) atoms. The summed E-state index contributed by atoms with van der Waals surface area (Å²) in [5.74, 6) is 2.84. The number of amides is 1. The van der Waals surface area contributed by atoms with E-state index in [1.807, 2.05) is 28.5 Å². The third kappa shape index (κ3) is 4.49. The summed E-state index contributed by atoms with van der Waals surface area (Å²) in [6.07, 6.45) is 4.20. The number of rotatable bonds is 5. The van der Waals surface area contributed by atoms with Crippen LogP contribution >= 0.6 is 11.3 Å². The van der Waals surface area contributed by atoms with E-state index in [0.717, 1.165) is 80.0 Å². The molecule has 8 nitrogen and oxygen atoms in total. The van der Waals surface area contributed by atoms with Gasteiger partial charge in [-0.2, -0.15) is 5.10 Å². The molecule has 1 amide bonds. The monoisotopic (exact) mass is 475 g/mol. The Morgan fingerprint density at radius 1 is 0.765 bits per heavy atom. The van der Waals surface area contributed by atoms with Crippen molar-refractivity contribution in [3.05, 3.63) is 47.5 Å². The van der Waals surface area contributed by atoms with Gasteiger partial charge >= 0.3 is 0 Å². The number of hydrogen-bond acceptors (Lipinski definition) is 8. The summed E-state index contributed by atoms with van der Waals surface area (Å²) in [7, 11) is 0. The smallest absolute Gasteiger partial charge is 0.225 e. The summed E-state index contributed by atoms with van der Waals surface area (Å²) in [6, 6.07) is 12.4. The average molecular weight is 476 g/mol. The van der Waals surface area contributed by atoms with E-state index in [1.165, 1.54) is 12.8 Å². The van der Waals surface area contributed by atoms with Crippen molar-refractivity contribution in [3.8, 4) is 10.6 Å². The highest BCUT2D eigenvalue weighted by atomic mass is 32.1. The molecule has 0 bridgehead atoms. The zero-order chi connectivity index (χ0) is 22.9. The van der Waals surface area contributed by atoms with Crippen molar-refractivity contribution in [3.63, 3.8) is 0 Å². The minimum absolute atomic E-state index is 0.0961. The summed E-state index contributed by atoms with van der Waals surface area (Å²) in [5, 5.41) is 19.7. The van der Waals surface area contributed by atoms with E-state index < -0.39 is 0 Å². The van der Waals surface area contributed by atoms with Gasteiger partial charge in [-0.15, -0.1) is 26.6 Å². The maximum absolute atomic E-state index is 13.2. The Morgan fingerprint density at radius 2 is 1.47 bits per heavy atom. The van der Waals surface area contributed by atoms with Gasteiger partial charge in [-0.25, -0.2) is 0 Å². The first-order chi connectivity index (χ1) is 16.7. The zero-order valence-corrected chi connectivity index (χ0v) is 20.0. The van der Waals surface area contributed by atoms with Crippen LogP contribution in [0, 0.1) is 5.92 Å². The first kappa shape index (κ1) is 21.5. The van der Waals surface area contributed by atoms with Crippen molar-refractivity contribution in [1.29, 1.82) is 0 Å². The van der Waals surface area contributed by atoms with Gasteiger partial charge in [-0.3, -0.25) is 4.79 Å². The van der Waals surface area contributed by atoms with Crippen LogP contribution in [0.1, 0.15) is 37.3 Å². The number of nitrogens with zero attached hydrogens (tertiary/aromatic N) is 7. The highest BCUT2D eigenvalue weighted by Crippen LogP contribution is 2.38. The lowest BCUT2D eigenvalue weighted by atomic mass is 9.95. The second kappa shape index (κ2) is 9.29. The molecule has 3 aliphatic rings. The minimum atomic E-state index is 0.0961. The first-order valence-corrected chi connectivity index (χ1v) is 13.1. The van der Waals surface area contributed by atoms with Crippen LogP contribution in [-0.2, 0) is 4.79 Å². The van der Waals surface area contributed by atoms with Crippen LogP contribution in [0.5, 0.6) is 0 Å². The number of anilines is 2. The van der Waals surface area contributed by atoms with Crippen molar-refractivity contribution < 1.29 is 4.79 Å². The van der Waals surface area contributed by atoms with E-state index >= 15 is 0 Å². The van der Waals surface area contributed by atoms with Gasteiger partial charge in [0, 0.05) is 51.1 Å². The zero-order valence-electron chi connectivity index (χ0n) is 19.2. The SMILES string of the molecule is O=C(C1CCN(c2ccc(-c3cccs3)nn2)CC1)N1CCN(c2ccc(C3CC3)nn2)CC1. The fourth-order valence-electron chi connectivity index (χ4n) is 4.92. The Hall–Kier alpha value is -3.07. The Morgan fingerprint density at radius 3 is 2.06 bits per heavy atom. The largest absolute Gasteiger partial charge is 0.355 e. The Balaban J connectivity index is 0.991. The van der Waals surface area contributed by atoms with Crippen LogP contribution in [0.15, 0.2) is 41.8 Å². The number of aromatic nitrogens is 4. The fourth-order valence-corrected chi connectivity index (χ4v) is 5.61. The Bertz CT molecular complexity index is 1100. The van der Waals surface area contributed by atoms with Gasteiger partial charge in [0.25, 0.3) is 0 Å². The van der Waals surface area contributed by atoms with Crippen LogP contribution in [0.3, 0.4) is 0 Å². The molecule has 9 heteroatoms. The highest BCUT2D eigenvalue weighted by Gasteiger charge is 2.31. The predicted molar refractivity (Wildman–Crippen MR) is 133 cm³/mol. The Labute approximate surface area is 203 Å². The maximum Gasteiger partial charge on any atom is 0.225 e. The minimum Gasteiger partial charge on any atom is -0.355 e. The van der Waals surface area contributed by atoms with Crippen LogP contribution in [0.4, 0.5) is 11.6 Å². The maximum atomic E-state index is 13.2. The van der Waals surface area contributed by atoms with Crippen LogP contribution < -0.4 is 9.80 Å². The van der Waals surface area contributed by atoms with E-state index in [-0.39, 0.29) is 5.92 Å². The summed E-state index contributed by atoms with van der Waals surface area (Å²) in [6.45, 7) is 4.81. The standard InChI is InChI=1S/C25H29N7OS/c33-25(32-15-13-31(14-16-32)24-7-5-20(26-28-24)18-3-4-18)19-9-11-30(12-10-19)23-8-6-21(27-29-23)22-2-1-17-34-22/h1-2,5-8,17-19H,3-4,9-16H2. The van der Waals surface area contributed by atoms with Crippen molar-refractivity contribution in [2.45, 2.75) is 31.6 Å². The Kier molecular flexibility index (Phi) is 5.86. The van der Waals surface area contributed by atoms with Crippen LogP contribution in [0.2, 0.25) is 0 Å². The van der Waals surface area contributed by atoms with Crippen molar-refractivity contribution >= 4 is 28.9 Å². The third-order valence-corrected chi connectivity index (χ3v) is 8.07. The number of hydrogen-bond donors (Lipinski definition) is 0. The molecule has 0 atom stereocenters. The second-order valence-corrected chi connectivity index (χ2v) is 10.4. The number of piperazine rings is 1. The molecule has 1 aliphatic carbocycles. The lowest BCUT2D eigenvalue weighted by molar-refractivity contribution is -0.136. The van der Waals surface area contributed by atoms with Crippen molar-refractivity contribution in [2.24, 2.45) is 5.92 Å². The van der Waals surface area contributed by atoms with Gasteiger partial charge in [0.1, 0.15) is 5.69 Å². The number of thiophene rings is 1. The van der Waals surface area contributed by atoms with E-state index in [0.29, 0.717) is 11.8 Å². The van der Waals surface area contributed by atoms with Crippen LogP contribution in [0.25, 0.3) is 10.6 Å². The van der Waals surface area contributed by atoms with Gasteiger partial charge in [0.15, 0.2) is 11.6 Å². The van der Waals surface area contributed by atoms with Crippen molar-refractivity contribution in [1.82, 2.24) is 25.3 Å². The predicted octanol–water partition coefficient (Wildman–Crippen LogP) is 3.44. The molecule has 2 aliphatic heterocycles. The van der Waals surface area contributed by atoms with E-state index in [4.69, 9.17) is 0 Å². The third-order valence-electron chi connectivity index (χ3n) is 7.17. The average Bonchev–Trinajstić information content (AvgIpc) is 3.62. The summed E-state index contributed by atoms with van der Waals surface area (Å²) in [5.41, 5.74) is 2.03. The molecule has 0 N–H and O–H groups in total. The molecule has 0 unspecified atom stereocenters. The lowest BCUT2D eigenvalue weighted by Crippen LogP contribution is -2.52. The van der Waals surface area contributed by atoms with E-state index in [1.54, 1.807) is 11.3 Å². The number of carbonyl (C=O) groups excluding carboxylic acids is 1. The lowest BCUT2D eigenvalue weighted by Gasteiger charge is -2.39. The topological polar surface area (TPSA) is 78.4 Å². The van der Waals surface area contributed by atoms with Gasteiger partial charge in [0.2, 0.25) is 5.91 Å². The number of carbonyl (C=O) groups is 1. The molecule has 6 rings (SSSR count). The molecule has 3 fully saturated rings. The molecule has 0 spiro atoms. The van der Waals surface area contributed by atoms with E-state index in [9.17, 15) is 4.79 Å². The van der Waals surface area contributed by atoms with E-state index in [2.05, 4.69) is 48.4 Å². The molecule has 176 valence electrons. The molecular weight excluding hydrogens is 446 g/mol. The molecule has 3 aromatic heterocycles. The van der Waals surface area contributed by atoms with Gasteiger partial charge in [0.05, 0.1) is 10.6 Å². The summed E-state index contributed by atoms with van der Waals surface area (Å²) in [4.78, 5) is 20.8. The molecule has 0 aromatic carbocycles. The fraction of sp³-hybridized carbons (Fsp3) is 0.480. The molecule has 5 heterocycles. The van der Waals surface area contributed by atoms with Crippen molar-refractivity contribution in [2.75, 3.05) is 49.1 Å². The summed E-state index contributed by atoms with van der Waals surface area (Å²) >= 11 is 1.67. The molecule has 2 saturated heterocycles. The molecular formula is C25H29N7OS. The molecule has 0 radical (unpaired) electrons. The quantitative estimate of drug-likeness (QED) is 0.559. The van der Waals surface area contributed by atoms with Crippen LogP contribution in [-0.4, -0.2) is 70.5 Å². The van der Waals surface area contributed by atoms with Gasteiger partial charge < -0.3 is 14.7 Å². The summed E-state index contributed by atoms with van der Waals surface area (Å²) < 4.78 is 0. The number of piperidine rings is 1. The second-order valence-electron chi connectivity index (χ2n) is 9.42. The van der Waals surface area contributed by atoms with Gasteiger partial charge in [-0.05, 0) is 61.4 Å². The highest BCUT2D eigenvalue weighted by molar-refractivity contribution is 7.13. The van der Waals surface area contributed by atoms with Gasteiger partial charge in [-0.1, -0.05) is 6.07 Å². The normalized spacial score (nSPS) is 19.5.